The van der Waals surface area contributed by atoms with Gasteiger partial charge < -0.3 is 4.90 Å². The molecule has 0 aromatic heterocycles. The molecule has 1 aliphatic carbocycles. The van der Waals surface area contributed by atoms with Gasteiger partial charge in [0.2, 0.25) is 0 Å². The predicted octanol–water partition coefficient (Wildman–Crippen LogP) is 3.47. The lowest BCUT2D eigenvalue weighted by Gasteiger charge is -2.30. The molecular weight excluding hydrogens is 360 g/mol. The minimum atomic E-state index is -1.48. The zero-order chi connectivity index (χ0) is 19.2. The Hall–Kier alpha value is -3.07. The SMILES string of the molecule is N#CC1=CN2[C@@H](C=C1)C(C#N)(C#N)[C@H](c1ccccc1Cl)[C@@H]2C(=O)C1CC1. The molecule has 2 aliphatic heterocycles. The topological polar surface area (TPSA) is 91.7 Å². The third-order valence-corrected chi connectivity index (χ3v) is 6.02. The minimum absolute atomic E-state index is 0.0149. The molecular formula is C21H15ClN4O. The molecule has 0 amide bonds. The van der Waals surface area contributed by atoms with E-state index in [-0.39, 0.29) is 11.7 Å². The molecule has 0 bridgehead atoms. The molecule has 5 nitrogen and oxygen atoms in total. The van der Waals surface area contributed by atoms with E-state index in [2.05, 4.69) is 18.2 Å². The van der Waals surface area contributed by atoms with E-state index >= 15 is 0 Å². The van der Waals surface area contributed by atoms with Crippen molar-refractivity contribution in [2.45, 2.75) is 30.8 Å². The van der Waals surface area contributed by atoms with Gasteiger partial charge in [-0.25, -0.2) is 0 Å². The van der Waals surface area contributed by atoms with Crippen LogP contribution in [0.15, 0.2) is 48.2 Å². The van der Waals surface area contributed by atoms with Gasteiger partial charge in [0.05, 0.1) is 29.8 Å². The van der Waals surface area contributed by atoms with Crippen LogP contribution in [0.1, 0.15) is 24.3 Å². The van der Waals surface area contributed by atoms with Gasteiger partial charge in [-0.15, -0.1) is 0 Å². The summed E-state index contributed by atoms with van der Waals surface area (Å²) < 4.78 is 0. The first-order valence-corrected chi connectivity index (χ1v) is 9.13. The molecule has 0 spiro atoms. The van der Waals surface area contributed by atoms with E-state index in [4.69, 9.17) is 11.6 Å². The average molecular weight is 375 g/mol. The summed E-state index contributed by atoms with van der Waals surface area (Å²) in [7, 11) is 0. The summed E-state index contributed by atoms with van der Waals surface area (Å²) in [5.74, 6) is -0.738. The standard InChI is InChI=1S/C21H15ClN4O/c22-16-4-2-1-3-15(16)18-19(20(27)14-6-7-14)26-10-13(9-23)5-8-17(26)21(18,11-24)12-25/h1-5,8,10,14,17-19H,6-7H2/t17-,18+,19+/m0/s1. The Labute approximate surface area is 162 Å². The van der Waals surface area contributed by atoms with Crippen molar-refractivity contribution in [1.82, 2.24) is 4.90 Å². The molecule has 6 heteroatoms. The Balaban J connectivity index is 1.96. The van der Waals surface area contributed by atoms with Crippen molar-refractivity contribution < 1.29 is 4.79 Å². The number of rotatable bonds is 3. The first-order valence-electron chi connectivity index (χ1n) is 8.75. The molecule has 4 rings (SSSR count). The van der Waals surface area contributed by atoms with Gasteiger partial charge in [0, 0.05) is 23.1 Å². The van der Waals surface area contributed by atoms with Gasteiger partial charge in [-0.3, -0.25) is 4.79 Å². The number of allylic oxidation sites excluding steroid dienone is 2. The summed E-state index contributed by atoms with van der Waals surface area (Å²) in [5, 5.41) is 29.9. The van der Waals surface area contributed by atoms with E-state index in [9.17, 15) is 20.6 Å². The van der Waals surface area contributed by atoms with Crippen molar-refractivity contribution in [2.24, 2.45) is 11.3 Å². The highest BCUT2D eigenvalue weighted by atomic mass is 35.5. The zero-order valence-electron chi connectivity index (χ0n) is 14.3. The quantitative estimate of drug-likeness (QED) is 0.807. The zero-order valence-corrected chi connectivity index (χ0v) is 15.1. The van der Waals surface area contributed by atoms with Gasteiger partial charge in [-0.2, -0.15) is 15.8 Å². The van der Waals surface area contributed by atoms with Crippen molar-refractivity contribution in [1.29, 1.82) is 15.8 Å². The lowest BCUT2D eigenvalue weighted by molar-refractivity contribution is -0.124. The van der Waals surface area contributed by atoms with E-state index in [0.29, 0.717) is 16.2 Å². The average Bonchev–Trinajstić information content (AvgIpc) is 3.50. The molecule has 0 unspecified atom stereocenters. The maximum atomic E-state index is 13.2. The summed E-state index contributed by atoms with van der Waals surface area (Å²) in [6.07, 6.45) is 6.54. The summed E-state index contributed by atoms with van der Waals surface area (Å²) in [6, 6.07) is 12.2. The molecule has 27 heavy (non-hydrogen) atoms. The van der Waals surface area contributed by atoms with Crippen LogP contribution in [0.25, 0.3) is 0 Å². The maximum absolute atomic E-state index is 13.2. The van der Waals surface area contributed by atoms with Gasteiger partial charge in [-0.05, 0) is 30.5 Å². The number of nitriles is 3. The van der Waals surface area contributed by atoms with Crippen molar-refractivity contribution in [3.63, 3.8) is 0 Å². The second-order valence-electron chi connectivity index (χ2n) is 7.16. The van der Waals surface area contributed by atoms with Gasteiger partial charge >= 0.3 is 0 Å². The number of ketones is 1. The number of carbonyl (C=O) groups is 1. The largest absolute Gasteiger partial charge is 0.356 e. The molecule has 2 heterocycles. The second kappa shape index (κ2) is 6.27. The summed E-state index contributed by atoms with van der Waals surface area (Å²) in [4.78, 5) is 15.0. The van der Waals surface area contributed by atoms with Crippen molar-refractivity contribution in [3.8, 4) is 18.2 Å². The van der Waals surface area contributed by atoms with Gasteiger partial charge in [0.25, 0.3) is 0 Å². The Kier molecular flexibility index (Phi) is 4.03. The Morgan fingerprint density at radius 3 is 2.48 bits per heavy atom. The van der Waals surface area contributed by atoms with Crippen molar-refractivity contribution in [3.05, 3.63) is 58.8 Å². The maximum Gasteiger partial charge on any atom is 0.176 e. The number of nitrogens with zero attached hydrogens (tertiary/aromatic N) is 4. The van der Waals surface area contributed by atoms with Gasteiger partial charge in [-0.1, -0.05) is 35.9 Å². The van der Waals surface area contributed by atoms with Crippen molar-refractivity contribution in [2.75, 3.05) is 0 Å². The van der Waals surface area contributed by atoms with E-state index in [1.807, 2.05) is 0 Å². The van der Waals surface area contributed by atoms with Crippen LogP contribution in [0.5, 0.6) is 0 Å². The third-order valence-electron chi connectivity index (χ3n) is 5.67. The molecule has 3 atom stereocenters. The Bertz CT molecular complexity index is 988. The van der Waals surface area contributed by atoms with E-state index in [0.717, 1.165) is 12.8 Å². The Morgan fingerprint density at radius 1 is 1.19 bits per heavy atom. The van der Waals surface area contributed by atoms with Crippen LogP contribution in [-0.4, -0.2) is 22.8 Å². The number of carbonyl (C=O) groups excluding carboxylic acids is 1. The number of Topliss-reactive ketones (excluding diaryl/α,β-unsaturated/α-hetero) is 1. The third kappa shape index (κ3) is 2.46. The highest BCUT2D eigenvalue weighted by Gasteiger charge is 2.63. The van der Waals surface area contributed by atoms with Crippen LogP contribution >= 0.6 is 11.6 Å². The van der Waals surface area contributed by atoms with Crippen molar-refractivity contribution >= 4 is 17.4 Å². The predicted molar refractivity (Wildman–Crippen MR) is 97.8 cm³/mol. The van der Waals surface area contributed by atoms with Crippen LogP contribution < -0.4 is 0 Å². The lowest BCUT2D eigenvalue weighted by Crippen LogP contribution is -2.40. The fourth-order valence-electron chi connectivity index (χ4n) is 4.25. The normalized spacial score (nSPS) is 27.7. The molecule has 3 aliphatic rings. The van der Waals surface area contributed by atoms with Crippen LogP contribution in [-0.2, 0) is 4.79 Å². The van der Waals surface area contributed by atoms with Crippen LogP contribution in [0.3, 0.4) is 0 Å². The number of hydrogen-bond donors (Lipinski definition) is 0. The van der Waals surface area contributed by atoms with Gasteiger partial charge in [0.1, 0.15) is 6.07 Å². The minimum Gasteiger partial charge on any atom is -0.356 e. The summed E-state index contributed by atoms with van der Waals surface area (Å²) >= 11 is 6.43. The fourth-order valence-corrected chi connectivity index (χ4v) is 4.50. The van der Waals surface area contributed by atoms with Gasteiger partial charge in [0.15, 0.2) is 11.2 Å². The van der Waals surface area contributed by atoms with E-state index in [1.54, 1.807) is 47.5 Å². The van der Waals surface area contributed by atoms with E-state index in [1.165, 1.54) is 0 Å². The Morgan fingerprint density at radius 2 is 1.89 bits per heavy atom. The van der Waals surface area contributed by atoms with Crippen LogP contribution in [0.2, 0.25) is 5.02 Å². The molecule has 0 N–H and O–H groups in total. The highest BCUT2D eigenvalue weighted by molar-refractivity contribution is 6.31. The molecule has 1 saturated carbocycles. The summed E-state index contributed by atoms with van der Waals surface area (Å²) in [6.45, 7) is 0. The summed E-state index contributed by atoms with van der Waals surface area (Å²) in [5.41, 5.74) is -0.464. The first kappa shape index (κ1) is 17.3. The molecule has 1 saturated heterocycles. The molecule has 2 fully saturated rings. The van der Waals surface area contributed by atoms with Crippen LogP contribution in [0.4, 0.5) is 0 Å². The highest BCUT2D eigenvalue weighted by Crippen LogP contribution is 2.55. The monoisotopic (exact) mass is 374 g/mol. The fraction of sp³-hybridized carbons (Fsp3) is 0.333. The first-order chi connectivity index (χ1) is 13.1. The van der Waals surface area contributed by atoms with E-state index < -0.39 is 23.4 Å². The van der Waals surface area contributed by atoms with Crippen LogP contribution in [0, 0.1) is 45.3 Å². The molecule has 132 valence electrons. The second-order valence-corrected chi connectivity index (χ2v) is 7.57. The molecule has 1 aromatic rings. The number of benzene rings is 1. The number of fused-ring (bicyclic) bond motifs is 1. The number of hydrogen-bond acceptors (Lipinski definition) is 5. The smallest absolute Gasteiger partial charge is 0.176 e. The lowest BCUT2D eigenvalue weighted by atomic mass is 9.69. The molecule has 1 aromatic carbocycles. The number of halogens is 1. The molecule has 0 radical (unpaired) electrons.